The van der Waals surface area contributed by atoms with Crippen LogP contribution in [0, 0.1) is 0 Å². The van der Waals surface area contributed by atoms with Gasteiger partial charge in [0.05, 0.1) is 13.7 Å². The maximum Gasteiger partial charge on any atom is 0.162 e. The maximum atomic E-state index is 9.93. The van der Waals surface area contributed by atoms with Crippen molar-refractivity contribution in [3.8, 4) is 11.5 Å². The van der Waals surface area contributed by atoms with E-state index in [2.05, 4.69) is 5.32 Å². The molecule has 0 aromatic heterocycles. The number of methoxy groups -OCH3 is 1. The Morgan fingerprint density at radius 1 is 1.59 bits per heavy atom. The van der Waals surface area contributed by atoms with Gasteiger partial charge in [0.25, 0.3) is 0 Å². The fourth-order valence-electron chi connectivity index (χ4n) is 1.87. The van der Waals surface area contributed by atoms with E-state index in [0.717, 1.165) is 25.2 Å². The molecule has 1 unspecified atom stereocenters. The predicted molar refractivity (Wildman–Crippen MR) is 65.7 cm³/mol. The van der Waals surface area contributed by atoms with Gasteiger partial charge in [-0.05, 0) is 12.5 Å². The van der Waals surface area contributed by atoms with Crippen molar-refractivity contribution >= 4 is 11.6 Å². The van der Waals surface area contributed by atoms with Crippen molar-refractivity contribution in [2.75, 3.05) is 20.3 Å². The van der Waals surface area contributed by atoms with Crippen molar-refractivity contribution in [2.45, 2.75) is 19.0 Å². The van der Waals surface area contributed by atoms with Gasteiger partial charge in [0.2, 0.25) is 0 Å². The molecule has 1 aliphatic rings. The third-order valence-corrected chi connectivity index (χ3v) is 3.07. The Bertz CT molecular complexity index is 392. The van der Waals surface area contributed by atoms with Gasteiger partial charge in [0, 0.05) is 35.8 Å². The molecule has 2 rings (SSSR count). The molecule has 17 heavy (non-hydrogen) atoms. The number of nitrogens with one attached hydrogen (secondary N) is 1. The van der Waals surface area contributed by atoms with Gasteiger partial charge >= 0.3 is 0 Å². The Hall–Kier alpha value is -0.970. The molecule has 0 spiro atoms. The van der Waals surface area contributed by atoms with Gasteiger partial charge in [-0.1, -0.05) is 11.6 Å². The summed E-state index contributed by atoms with van der Waals surface area (Å²) in [5.74, 6) is 0.542. The zero-order chi connectivity index (χ0) is 12.3. The zero-order valence-electron chi connectivity index (χ0n) is 9.70. The number of aromatic hydroxyl groups is 1. The summed E-state index contributed by atoms with van der Waals surface area (Å²) in [5.41, 5.74) is 0.737. The van der Waals surface area contributed by atoms with Crippen LogP contribution in [0.25, 0.3) is 0 Å². The smallest absolute Gasteiger partial charge is 0.162 e. The Kier molecular flexibility index (Phi) is 4.10. The number of phenols is 1. The van der Waals surface area contributed by atoms with Crippen LogP contribution in [0.3, 0.4) is 0 Å². The van der Waals surface area contributed by atoms with Gasteiger partial charge in [0.15, 0.2) is 11.5 Å². The van der Waals surface area contributed by atoms with E-state index in [1.807, 2.05) is 0 Å². The molecule has 1 saturated heterocycles. The molecule has 0 aliphatic carbocycles. The monoisotopic (exact) mass is 257 g/mol. The average molecular weight is 258 g/mol. The summed E-state index contributed by atoms with van der Waals surface area (Å²) in [5, 5.41) is 13.8. The minimum absolute atomic E-state index is 0.142. The topological polar surface area (TPSA) is 50.7 Å². The average Bonchev–Trinajstić information content (AvgIpc) is 2.82. The number of ether oxygens (including phenoxy) is 2. The molecular formula is C12H16ClNO3. The molecular weight excluding hydrogens is 242 g/mol. The van der Waals surface area contributed by atoms with E-state index in [1.54, 1.807) is 12.1 Å². The second-order valence-corrected chi connectivity index (χ2v) is 4.49. The van der Waals surface area contributed by atoms with Gasteiger partial charge in [-0.2, -0.15) is 0 Å². The minimum Gasteiger partial charge on any atom is -0.504 e. The van der Waals surface area contributed by atoms with Crippen LogP contribution in [0.2, 0.25) is 5.02 Å². The number of halogens is 1. The lowest BCUT2D eigenvalue weighted by Crippen LogP contribution is -2.28. The molecule has 1 fully saturated rings. The predicted octanol–water partition coefficient (Wildman–Crippen LogP) is 1.93. The van der Waals surface area contributed by atoms with Crippen LogP contribution in [0.15, 0.2) is 12.1 Å². The molecule has 0 radical (unpaired) electrons. The number of benzene rings is 1. The fourth-order valence-corrected chi connectivity index (χ4v) is 2.10. The van der Waals surface area contributed by atoms with Crippen LogP contribution in [-0.2, 0) is 11.3 Å². The molecule has 0 saturated carbocycles. The molecule has 1 aliphatic heterocycles. The number of phenolic OH excluding ortho intramolecular Hbond substituents is 1. The van der Waals surface area contributed by atoms with E-state index >= 15 is 0 Å². The van der Waals surface area contributed by atoms with Crippen molar-refractivity contribution in [3.63, 3.8) is 0 Å². The van der Waals surface area contributed by atoms with E-state index in [9.17, 15) is 5.11 Å². The minimum atomic E-state index is 0.142. The summed E-state index contributed by atoms with van der Waals surface area (Å²) >= 11 is 5.95. The normalized spacial score (nSPS) is 19.5. The molecule has 1 aromatic rings. The van der Waals surface area contributed by atoms with Crippen LogP contribution in [0.5, 0.6) is 11.5 Å². The highest BCUT2D eigenvalue weighted by atomic mass is 35.5. The summed E-state index contributed by atoms with van der Waals surface area (Å²) < 4.78 is 10.3. The standard InChI is InChI=1S/C12H16ClNO3/c1-16-11-5-9(13)4-8(12(11)15)6-14-10-2-3-17-7-10/h4-5,10,14-15H,2-3,6-7H2,1H3. The Morgan fingerprint density at radius 3 is 3.06 bits per heavy atom. The summed E-state index contributed by atoms with van der Waals surface area (Å²) in [6, 6.07) is 3.68. The second kappa shape index (κ2) is 5.58. The summed E-state index contributed by atoms with van der Waals surface area (Å²) in [6.07, 6.45) is 0.998. The lowest BCUT2D eigenvalue weighted by atomic mass is 10.1. The van der Waals surface area contributed by atoms with Crippen LogP contribution in [0.4, 0.5) is 0 Å². The lowest BCUT2D eigenvalue weighted by Gasteiger charge is -2.13. The molecule has 4 nitrogen and oxygen atoms in total. The third-order valence-electron chi connectivity index (χ3n) is 2.85. The third kappa shape index (κ3) is 3.03. The van der Waals surface area contributed by atoms with Crippen molar-refractivity contribution < 1.29 is 14.6 Å². The highest BCUT2D eigenvalue weighted by Crippen LogP contribution is 2.33. The lowest BCUT2D eigenvalue weighted by molar-refractivity contribution is 0.189. The summed E-state index contributed by atoms with van der Waals surface area (Å²) in [6.45, 7) is 2.07. The van der Waals surface area contributed by atoms with E-state index in [-0.39, 0.29) is 5.75 Å². The highest BCUT2D eigenvalue weighted by molar-refractivity contribution is 6.30. The van der Waals surface area contributed by atoms with Gasteiger partial charge in [-0.3, -0.25) is 0 Å². The van der Waals surface area contributed by atoms with E-state index in [1.165, 1.54) is 7.11 Å². The van der Waals surface area contributed by atoms with E-state index in [0.29, 0.717) is 23.4 Å². The first-order valence-corrected chi connectivity index (χ1v) is 5.95. The first-order chi connectivity index (χ1) is 8.20. The van der Waals surface area contributed by atoms with Crippen LogP contribution in [0.1, 0.15) is 12.0 Å². The van der Waals surface area contributed by atoms with Crippen molar-refractivity contribution in [3.05, 3.63) is 22.7 Å². The Balaban J connectivity index is 2.06. The number of hydrogen-bond donors (Lipinski definition) is 2. The SMILES string of the molecule is COc1cc(Cl)cc(CNC2CCOC2)c1O. The Labute approximate surface area is 105 Å². The zero-order valence-corrected chi connectivity index (χ0v) is 10.5. The second-order valence-electron chi connectivity index (χ2n) is 4.06. The quantitative estimate of drug-likeness (QED) is 0.866. The first-order valence-electron chi connectivity index (χ1n) is 5.57. The summed E-state index contributed by atoms with van der Waals surface area (Å²) in [4.78, 5) is 0. The van der Waals surface area contributed by atoms with Gasteiger partial charge < -0.3 is 19.9 Å². The van der Waals surface area contributed by atoms with E-state index in [4.69, 9.17) is 21.1 Å². The molecule has 0 amide bonds. The number of rotatable bonds is 4. The van der Waals surface area contributed by atoms with Crippen molar-refractivity contribution in [1.82, 2.24) is 5.32 Å². The molecule has 5 heteroatoms. The molecule has 0 bridgehead atoms. The van der Waals surface area contributed by atoms with Gasteiger partial charge in [-0.25, -0.2) is 0 Å². The van der Waals surface area contributed by atoms with Crippen LogP contribution >= 0.6 is 11.6 Å². The number of hydrogen-bond acceptors (Lipinski definition) is 4. The van der Waals surface area contributed by atoms with Gasteiger partial charge in [-0.15, -0.1) is 0 Å². The highest BCUT2D eigenvalue weighted by Gasteiger charge is 2.16. The largest absolute Gasteiger partial charge is 0.504 e. The Morgan fingerprint density at radius 2 is 2.41 bits per heavy atom. The molecule has 2 N–H and O–H groups in total. The molecule has 94 valence electrons. The molecule has 1 aromatic carbocycles. The van der Waals surface area contributed by atoms with E-state index < -0.39 is 0 Å². The summed E-state index contributed by atoms with van der Waals surface area (Å²) in [7, 11) is 1.51. The first kappa shape index (κ1) is 12.5. The van der Waals surface area contributed by atoms with Crippen molar-refractivity contribution in [1.29, 1.82) is 0 Å². The maximum absolute atomic E-state index is 9.93. The van der Waals surface area contributed by atoms with Crippen molar-refractivity contribution in [2.24, 2.45) is 0 Å². The van der Waals surface area contributed by atoms with Crippen LogP contribution < -0.4 is 10.1 Å². The van der Waals surface area contributed by atoms with Gasteiger partial charge in [0.1, 0.15) is 0 Å². The fraction of sp³-hybridized carbons (Fsp3) is 0.500. The molecule has 1 atom stereocenters. The molecule has 1 heterocycles. The van der Waals surface area contributed by atoms with Crippen LogP contribution in [-0.4, -0.2) is 31.5 Å².